The Bertz CT molecular complexity index is 714. The summed E-state index contributed by atoms with van der Waals surface area (Å²) in [5.74, 6) is 0.145. The molecule has 0 saturated carbocycles. The fourth-order valence-electron chi connectivity index (χ4n) is 2.00. The van der Waals surface area contributed by atoms with E-state index in [0.717, 1.165) is 11.0 Å². The van der Waals surface area contributed by atoms with Crippen molar-refractivity contribution in [1.29, 1.82) is 0 Å². The van der Waals surface area contributed by atoms with Gasteiger partial charge in [-0.15, -0.1) is 0 Å². The topological polar surface area (TPSA) is 43.8 Å². The van der Waals surface area contributed by atoms with Gasteiger partial charge in [-0.3, -0.25) is 0 Å². The van der Waals surface area contributed by atoms with E-state index in [4.69, 9.17) is 5.73 Å². The number of rotatable bonds is 2. The van der Waals surface area contributed by atoms with Gasteiger partial charge >= 0.3 is 0 Å². The zero-order valence-corrected chi connectivity index (χ0v) is 10.7. The van der Waals surface area contributed by atoms with Crippen molar-refractivity contribution in [2.75, 3.05) is 5.73 Å². The summed E-state index contributed by atoms with van der Waals surface area (Å²) in [4.78, 5) is 4.24. The first-order chi connectivity index (χ1) is 8.65. The zero-order chi connectivity index (χ0) is 12.7. The third-order valence-corrected chi connectivity index (χ3v) is 3.94. The number of hydrogen-bond donors (Lipinski definition) is 1. The highest BCUT2D eigenvalue weighted by molar-refractivity contribution is 7.08. The third kappa shape index (κ3) is 1.76. The molecular weight excluding hydrogens is 249 g/mol. The van der Waals surface area contributed by atoms with Crippen molar-refractivity contribution >= 4 is 28.3 Å². The van der Waals surface area contributed by atoms with E-state index in [-0.39, 0.29) is 5.82 Å². The monoisotopic (exact) mass is 261 g/mol. The van der Waals surface area contributed by atoms with E-state index in [1.54, 1.807) is 17.4 Å². The third-order valence-electron chi connectivity index (χ3n) is 3.03. The van der Waals surface area contributed by atoms with Gasteiger partial charge in [0, 0.05) is 0 Å². The Kier molecular flexibility index (Phi) is 2.56. The number of thiophene rings is 1. The van der Waals surface area contributed by atoms with Gasteiger partial charge in [0.05, 0.1) is 17.6 Å². The SMILES string of the molecule is Cc1cscc1Cn1c(N)nc2ccc(F)cc21. The molecule has 18 heavy (non-hydrogen) atoms. The lowest BCUT2D eigenvalue weighted by molar-refractivity contribution is 0.628. The molecule has 0 bridgehead atoms. The number of imidazole rings is 1. The summed E-state index contributed by atoms with van der Waals surface area (Å²) in [7, 11) is 0. The van der Waals surface area contributed by atoms with Crippen LogP contribution in [0.1, 0.15) is 11.1 Å². The average Bonchev–Trinajstić information content (AvgIpc) is 2.86. The minimum Gasteiger partial charge on any atom is -0.369 e. The van der Waals surface area contributed by atoms with Crippen LogP contribution in [0.25, 0.3) is 11.0 Å². The lowest BCUT2D eigenvalue weighted by Gasteiger charge is -2.06. The number of hydrogen-bond acceptors (Lipinski definition) is 3. The molecule has 1 aromatic carbocycles. The molecule has 3 nitrogen and oxygen atoms in total. The van der Waals surface area contributed by atoms with E-state index < -0.39 is 0 Å². The number of nitrogens with two attached hydrogens (primary N) is 1. The predicted octanol–water partition coefficient (Wildman–Crippen LogP) is 3.18. The van der Waals surface area contributed by atoms with Crippen molar-refractivity contribution in [2.24, 2.45) is 0 Å². The first-order valence-electron chi connectivity index (χ1n) is 5.58. The molecular formula is C13H12FN3S. The maximum atomic E-state index is 13.3. The standard InChI is InChI=1S/C13H12FN3S/c1-8-6-18-7-9(8)5-17-12-4-10(14)2-3-11(12)16-13(17)15/h2-4,6-7H,5H2,1H3,(H2,15,16). The van der Waals surface area contributed by atoms with E-state index >= 15 is 0 Å². The number of nitrogens with zero attached hydrogens (tertiary/aromatic N) is 2. The molecule has 92 valence electrons. The quantitative estimate of drug-likeness (QED) is 0.770. The number of halogens is 1. The minimum atomic E-state index is -0.273. The molecule has 0 aliphatic rings. The molecule has 0 unspecified atom stereocenters. The van der Waals surface area contributed by atoms with Gasteiger partial charge in [-0.1, -0.05) is 0 Å². The van der Waals surface area contributed by atoms with Crippen LogP contribution < -0.4 is 5.73 Å². The molecule has 2 heterocycles. The van der Waals surface area contributed by atoms with Gasteiger partial charge in [-0.2, -0.15) is 11.3 Å². The molecule has 3 aromatic rings. The maximum Gasteiger partial charge on any atom is 0.201 e. The Morgan fingerprint density at radius 1 is 1.39 bits per heavy atom. The second-order valence-electron chi connectivity index (χ2n) is 4.27. The Balaban J connectivity index is 2.13. The molecule has 3 rings (SSSR count). The number of benzene rings is 1. The molecule has 0 amide bonds. The summed E-state index contributed by atoms with van der Waals surface area (Å²) in [6.45, 7) is 2.68. The molecule has 0 aliphatic heterocycles. The molecule has 0 fully saturated rings. The largest absolute Gasteiger partial charge is 0.369 e. The van der Waals surface area contributed by atoms with Gasteiger partial charge in [0.15, 0.2) is 0 Å². The average molecular weight is 261 g/mol. The zero-order valence-electron chi connectivity index (χ0n) is 9.85. The van der Waals surface area contributed by atoms with Crippen LogP contribution in [0.3, 0.4) is 0 Å². The second kappa shape index (κ2) is 4.10. The molecule has 0 spiro atoms. The highest BCUT2D eigenvalue weighted by Gasteiger charge is 2.10. The first-order valence-corrected chi connectivity index (χ1v) is 6.52. The van der Waals surface area contributed by atoms with Crippen LogP contribution in [0.4, 0.5) is 10.3 Å². The lowest BCUT2D eigenvalue weighted by Crippen LogP contribution is -2.04. The van der Waals surface area contributed by atoms with Crippen molar-refractivity contribution in [3.05, 3.63) is 45.9 Å². The van der Waals surface area contributed by atoms with Crippen molar-refractivity contribution in [3.63, 3.8) is 0 Å². The fraction of sp³-hybridized carbons (Fsp3) is 0.154. The predicted molar refractivity (Wildman–Crippen MR) is 72.3 cm³/mol. The van der Waals surface area contributed by atoms with Crippen molar-refractivity contribution < 1.29 is 4.39 Å². The second-order valence-corrected chi connectivity index (χ2v) is 5.01. The van der Waals surface area contributed by atoms with Crippen LogP contribution in [-0.4, -0.2) is 9.55 Å². The van der Waals surface area contributed by atoms with Crippen LogP contribution in [0.2, 0.25) is 0 Å². The maximum absolute atomic E-state index is 13.3. The highest BCUT2D eigenvalue weighted by atomic mass is 32.1. The smallest absolute Gasteiger partial charge is 0.201 e. The van der Waals surface area contributed by atoms with Gasteiger partial charge < -0.3 is 10.3 Å². The molecule has 5 heteroatoms. The Morgan fingerprint density at radius 3 is 2.94 bits per heavy atom. The van der Waals surface area contributed by atoms with Crippen LogP contribution in [0.5, 0.6) is 0 Å². The number of nitrogen functional groups attached to an aromatic ring is 1. The van der Waals surface area contributed by atoms with Gasteiger partial charge in [0.2, 0.25) is 5.95 Å². The number of aryl methyl sites for hydroxylation is 1. The molecule has 0 radical (unpaired) electrons. The Labute approximate surface area is 108 Å². The van der Waals surface area contributed by atoms with Crippen LogP contribution >= 0.6 is 11.3 Å². The van der Waals surface area contributed by atoms with Crippen LogP contribution in [-0.2, 0) is 6.54 Å². The van der Waals surface area contributed by atoms with Crippen molar-refractivity contribution in [2.45, 2.75) is 13.5 Å². The van der Waals surface area contributed by atoms with E-state index in [1.165, 1.54) is 23.3 Å². The van der Waals surface area contributed by atoms with E-state index in [1.807, 2.05) is 4.57 Å². The lowest BCUT2D eigenvalue weighted by atomic mass is 10.2. The summed E-state index contributed by atoms with van der Waals surface area (Å²) in [5, 5.41) is 4.17. The van der Waals surface area contributed by atoms with Crippen molar-refractivity contribution in [1.82, 2.24) is 9.55 Å². The molecule has 2 N–H and O–H groups in total. The van der Waals surface area contributed by atoms with E-state index in [0.29, 0.717) is 12.5 Å². The van der Waals surface area contributed by atoms with Crippen molar-refractivity contribution in [3.8, 4) is 0 Å². The molecule has 0 saturated heterocycles. The summed E-state index contributed by atoms with van der Waals surface area (Å²) in [6, 6.07) is 4.52. The van der Waals surface area contributed by atoms with Gasteiger partial charge in [-0.05, 0) is 47.0 Å². The highest BCUT2D eigenvalue weighted by Crippen LogP contribution is 2.22. The van der Waals surface area contributed by atoms with E-state index in [2.05, 4.69) is 22.7 Å². The van der Waals surface area contributed by atoms with Gasteiger partial charge in [0.1, 0.15) is 5.82 Å². The Morgan fingerprint density at radius 2 is 2.22 bits per heavy atom. The van der Waals surface area contributed by atoms with Crippen LogP contribution in [0.15, 0.2) is 29.0 Å². The first kappa shape index (κ1) is 11.2. The van der Waals surface area contributed by atoms with E-state index in [9.17, 15) is 4.39 Å². The molecule has 0 aliphatic carbocycles. The summed E-state index contributed by atoms with van der Waals surface area (Å²) < 4.78 is 15.1. The number of aromatic nitrogens is 2. The summed E-state index contributed by atoms with van der Waals surface area (Å²) in [6.07, 6.45) is 0. The summed E-state index contributed by atoms with van der Waals surface area (Å²) >= 11 is 1.65. The molecule has 0 atom stereocenters. The fourth-order valence-corrected chi connectivity index (χ4v) is 2.85. The normalized spacial score (nSPS) is 11.2. The molecule has 2 aromatic heterocycles. The minimum absolute atomic E-state index is 0.273. The van der Waals surface area contributed by atoms with Gasteiger partial charge in [-0.25, -0.2) is 9.37 Å². The van der Waals surface area contributed by atoms with Crippen LogP contribution in [0, 0.1) is 12.7 Å². The Hall–Kier alpha value is -1.88. The number of fused-ring (bicyclic) bond motifs is 1. The summed E-state index contributed by atoms with van der Waals surface area (Å²) in [5.41, 5.74) is 9.77. The number of anilines is 1. The van der Waals surface area contributed by atoms with Gasteiger partial charge in [0.25, 0.3) is 0 Å².